The molecule has 46 heavy (non-hydrogen) atoms. The molecule has 4 rings (SSSR count). The van der Waals surface area contributed by atoms with Gasteiger partial charge in [0.15, 0.2) is 5.69 Å². The van der Waals surface area contributed by atoms with Crippen molar-refractivity contribution in [2.75, 3.05) is 13.2 Å². The normalized spacial score (nSPS) is 14.4. The minimum absolute atomic E-state index is 0.0284. The van der Waals surface area contributed by atoms with Crippen molar-refractivity contribution in [1.82, 2.24) is 14.5 Å². The maximum Gasteiger partial charge on any atom is 0.434 e. The number of carbonyl (C=O) groups is 1. The Balaban J connectivity index is 1.23. The second-order valence-electron chi connectivity index (χ2n) is 13.8. The third kappa shape index (κ3) is 10.9. The fraction of sp³-hybridized carbons (Fsp3) is 0.583. The van der Waals surface area contributed by atoms with Crippen LogP contribution in [0, 0.1) is 10.8 Å². The molecule has 0 radical (unpaired) electrons. The van der Waals surface area contributed by atoms with Crippen molar-refractivity contribution >= 4 is 5.97 Å². The lowest BCUT2D eigenvalue weighted by molar-refractivity contribution is -0.144. The molecule has 7 nitrogen and oxygen atoms in total. The number of halogens is 3. The number of aromatic nitrogens is 3. The molecular formula is C36H48F3N3O4. The number of benzene rings is 1. The number of aliphatic carboxylic acids is 1. The summed E-state index contributed by atoms with van der Waals surface area (Å²) in [6.45, 7) is 7.44. The second kappa shape index (κ2) is 15.9. The van der Waals surface area contributed by atoms with Gasteiger partial charge in [0.1, 0.15) is 30.3 Å². The number of carboxylic acid groups (broad SMARTS) is 1. The van der Waals surface area contributed by atoms with Crippen LogP contribution in [-0.2, 0) is 22.4 Å². The first-order valence-electron chi connectivity index (χ1n) is 16.5. The fourth-order valence-electron chi connectivity index (χ4n) is 5.35. The zero-order valence-electron chi connectivity index (χ0n) is 27.4. The Morgan fingerprint density at radius 3 is 2.04 bits per heavy atom. The van der Waals surface area contributed by atoms with E-state index in [1.165, 1.54) is 55.7 Å². The topological polar surface area (TPSA) is 86.5 Å². The molecule has 0 aliphatic heterocycles. The molecule has 3 aromatic rings. The second-order valence-corrected chi connectivity index (χ2v) is 13.8. The highest BCUT2D eigenvalue weighted by molar-refractivity contribution is 5.78. The molecule has 2 aromatic heterocycles. The minimum atomic E-state index is -4.58. The van der Waals surface area contributed by atoms with E-state index in [0.717, 1.165) is 31.0 Å². The average molecular weight is 644 g/mol. The van der Waals surface area contributed by atoms with Crippen molar-refractivity contribution in [3.05, 3.63) is 54.5 Å². The predicted octanol–water partition coefficient (Wildman–Crippen LogP) is 9.80. The Morgan fingerprint density at radius 1 is 0.891 bits per heavy atom. The highest BCUT2D eigenvalue weighted by Crippen LogP contribution is 2.46. The van der Waals surface area contributed by atoms with Gasteiger partial charge in [0.05, 0.1) is 5.69 Å². The van der Waals surface area contributed by atoms with Gasteiger partial charge in [0.25, 0.3) is 0 Å². The van der Waals surface area contributed by atoms with Gasteiger partial charge < -0.3 is 19.1 Å². The third-order valence-corrected chi connectivity index (χ3v) is 8.51. The Morgan fingerprint density at radius 2 is 1.50 bits per heavy atom. The molecule has 1 fully saturated rings. The molecule has 0 amide bonds. The zero-order valence-corrected chi connectivity index (χ0v) is 27.4. The molecule has 1 aromatic carbocycles. The molecule has 252 valence electrons. The van der Waals surface area contributed by atoms with E-state index < -0.39 is 23.3 Å². The van der Waals surface area contributed by atoms with Gasteiger partial charge in [-0.15, -0.1) is 0 Å². The van der Waals surface area contributed by atoms with Gasteiger partial charge in [-0.05, 0) is 67.5 Å². The highest BCUT2D eigenvalue weighted by Gasteiger charge is 2.51. The standard InChI is InChI=1S/C36H48F3N3O4/c1-34(2,3)19-11-9-7-5-4-6-8-10-12-22-45-26-42-24-31(36(37,38)39)41-32(42)28-15-18-30(40-23-28)27-13-16-29(17-14-27)46-25-35(20-21-35)33(43)44/h13-18,23-24H,4-12,19-22,25-26H2,1-3H3,(H,43,44). The lowest BCUT2D eigenvalue weighted by Crippen LogP contribution is -2.22. The molecule has 0 unspecified atom stereocenters. The molecule has 0 spiro atoms. The summed E-state index contributed by atoms with van der Waals surface area (Å²) >= 11 is 0. The fourth-order valence-corrected chi connectivity index (χ4v) is 5.35. The van der Waals surface area contributed by atoms with Gasteiger partial charge in [0.2, 0.25) is 0 Å². The van der Waals surface area contributed by atoms with Crippen LogP contribution >= 0.6 is 0 Å². The van der Waals surface area contributed by atoms with Crippen LogP contribution in [0.3, 0.4) is 0 Å². The summed E-state index contributed by atoms with van der Waals surface area (Å²) in [7, 11) is 0. The first kappa shape index (κ1) is 35.5. The maximum absolute atomic E-state index is 13.5. The summed E-state index contributed by atoms with van der Waals surface area (Å²) in [5.74, 6) is -0.131. The van der Waals surface area contributed by atoms with Crippen molar-refractivity contribution in [2.24, 2.45) is 10.8 Å². The van der Waals surface area contributed by atoms with Crippen molar-refractivity contribution < 1.29 is 32.5 Å². The van der Waals surface area contributed by atoms with Crippen LogP contribution in [0.15, 0.2) is 48.8 Å². The Kier molecular flexibility index (Phi) is 12.3. The van der Waals surface area contributed by atoms with E-state index in [9.17, 15) is 23.1 Å². The molecule has 2 heterocycles. The number of alkyl halides is 3. The summed E-state index contributed by atoms with van der Waals surface area (Å²) < 4.78 is 53.4. The minimum Gasteiger partial charge on any atom is -0.492 e. The van der Waals surface area contributed by atoms with Gasteiger partial charge in [-0.3, -0.25) is 9.78 Å². The van der Waals surface area contributed by atoms with E-state index >= 15 is 0 Å². The van der Waals surface area contributed by atoms with Gasteiger partial charge in [-0.1, -0.05) is 72.1 Å². The summed E-state index contributed by atoms with van der Waals surface area (Å²) in [5, 5.41) is 9.32. The van der Waals surface area contributed by atoms with Gasteiger partial charge >= 0.3 is 12.1 Å². The molecule has 1 saturated carbocycles. The molecular weight excluding hydrogens is 595 g/mol. The van der Waals surface area contributed by atoms with Crippen LogP contribution in [0.4, 0.5) is 13.2 Å². The van der Waals surface area contributed by atoms with Crippen molar-refractivity contribution in [1.29, 1.82) is 0 Å². The van der Waals surface area contributed by atoms with Crippen LogP contribution in [0.1, 0.15) is 104 Å². The molecule has 0 bridgehead atoms. The number of unbranched alkanes of at least 4 members (excludes halogenated alkanes) is 8. The van der Waals surface area contributed by atoms with Crippen molar-refractivity contribution in [2.45, 2.75) is 111 Å². The largest absolute Gasteiger partial charge is 0.492 e. The molecule has 0 saturated heterocycles. The number of ether oxygens (including phenoxy) is 2. The van der Waals surface area contributed by atoms with Crippen LogP contribution < -0.4 is 4.74 Å². The van der Waals surface area contributed by atoms with E-state index in [0.29, 0.717) is 41.9 Å². The van der Waals surface area contributed by atoms with Gasteiger partial charge in [0, 0.05) is 30.1 Å². The van der Waals surface area contributed by atoms with Crippen LogP contribution in [0.25, 0.3) is 22.6 Å². The molecule has 1 N–H and O–H groups in total. The highest BCUT2D eigenvalue weighted by atomic mass is 19.4. The SMILES string of the molecule is CC(C)(C)CCCCCCCCCCCOCn1cc(C(F)(F)F)nc1-c1ccc(-c2ccc(OCC3(C(=O)O)CC3)cc2)nc1. The van der Waals surface area contributed by atoms with E-state index in [1.54, 1.807) is 24.3 Å². The number of hydrogen-bond acceptors (Lipinski definition) is 5. The summed E-state index contributed by atoms with van der Waals surface area (Å²) in [6, 6.07) is 10.5. The van der Waals surface area contributed by atoms with Crippen molar-refractivity contribution in [3.63, 3.8) is 0 Å². The summed E-state index contributed by atoms with van der Waals surface area (Å²) in [5.41, 5.74) is 0.542. The zero-order chi connectivity index (χ0) is 33.2. The molecule has 10 heteroatoms. The lowest BCUT2D eigenvalue weighted by atomic mass is 9.89. The number of imidazole rings is 1. The van der Waals surface area contributed by atoms with Crippen molar-refractivity contribution in [3.8, 4) is 28.4 Å². The maximum atomic E-state index is 13.5. The third-order valence-electron chi connectivity index (χ3n) is 8.51. The average Bonchev–Trinajstić information content (AvgIpc) is 3.69. The van der Waals surface area contributed by atoms with Crippen LogP contribution in [0.2, 0.25) is 0 Å². The quantitative estimate of drug-likeness (QED) is 0.131. The first-order valence-corrected chi connectivity index (χ1v) is 16.5. The summed E-state index contributed by atoms with van der Waals surface area (Å²) in [4.78, 5) is 19.7. The Bertz CT molecular complexity index is 1380. The Labute approximate surface area is 270 Å². The van der Waals surface area contributed by atoms with E-state index in [4.69, 9.17) is 9.47 Å². The number of rotatable bonds is 19. The molecule has 1 aliphatic carbocycles. The van der Waals surface area contributed by atoms with Gasteiger partial charge in [-0.2, -0.15) is 13.2 Å². The van der Waals surface area contributed by atoms with E-state index in [2.05, 4.69) is 30.7 Å². The number of pyridine rings is 1. The first-order chi connectivity index (χ1) is 21.9. The predicted molar refractivity (Wildman–Crippen MR) is 172 cm³/mol. The number of carboxylic acids is 1. The monoisotopic (exact) mass is 643 g/mol. The van der Waals surface area contributed by atoms with E-state index in [-0.39, 0.29) is 19.2 Å². The lowest BCUT2D eigenvalue weighted by Gasteiger charge is -2.17. The molecule has 1 aliphatic rings. The smallest absolute Gasteiger partial charge is 0.434 e. The number of hydrogen-bond donors (Lipinski definition) is 1. The van der Waals surface area contributed by atoms with E-state index in [1.807, 2.05) is 12.1 Å². The summed E-state index contributed by atoms with van der Waals surface area (Å²) in [6.07, 6.45) is 11.1. The Hall–Kier alpha value is -3.40. The van der Waals surface area contributed by atoms with Crippen LogP contribution in [0.5, 0.6) is 5.75 Å². The number of nitrogens with zero attached hydrogens (tertiary/aromatic N) is 3. The van der Waals surface area contributed by atoms with Gasteiger partial charge in [-0.25, -0.2) is 4.98 Å². The molecule has 0 atom stereocenters. The van der Waals surface area contributed by atoms with Crippen LogP contribution in [-0.4, -0.2) is 38.8 Å².